The fourth-order valence-electron chi connectivity index (χ4n) is 2.18. The second kappa shape index (κ2) is 5.99. The summed E-state index contributed by atoms with van der Waals surface area (Å²) in [7, 11) is 0. The predicted octanol–water partition coefficient (Wildman–Crippen LogP) is 2.04. The van der Waals surface area contributed by atoms with Crippen molar-refractivity contribution in [1.82, 2.24) is 5.32 Å². The third-order valence-electron chi connectivity index (χ3n) is 3.04. The number of nitrogens with one attached hydrogen (secondary N) is 1. The van der Waals surface area contributed by atoms with Crippen LogP contribution in [0.5, 0.6) is 0 Å². The molecule has 3 heteroatoms. The molecule has 2 aliphatic heterocycles. The van der Waals surface area contributed by atoms with Crippen LogP contribution in [0.3, 0.4) is 0 Å². The van der Waals surface area contributed by atoms with Gasteiger partial charge in [0.1, 0.15) is 0 Å². The van der Waals surface area contributed by atoms with Crippen molar-refractivity contribution in [3.63, 3.8) is 0 Å². The van der Waals surface area contributed by atoms with Crippen LogP contribution < -0.4 is 5.32 Å². The fourth-order valence-corrected chi connectivity index (χ4v) is 3.45. The molecule has 0 spiro atoms. The van der Waals surface area contributed by atoms with Gasteiger partial charge in [0.2, 0.25) is 0 Å². The zero-order chi connectivity index (χ0) is 9.64. The van der Waals surface area contributed by atoms with Crippen LogP contribution in [0, 0.1) is 0 Å². The van der Waals surface area contributed by atoms with Gasteiger partial charge in [-0.2, -0.15) is 11.8 Å². The van der Waals surface area contributed by atoms with Gasteiger partial charge in [0.25, 0.3) is 0 Å². The summed E-state index contributed by atoms with van der Waals surface area (Å²) < 4.78 is 5.57. The molecule has 1 N–H and O–H groups in total. The molecule has 14 heavy (non-hydrogen) atoms. The number of rotatable bonds is 4. The van der Waals surface area contributed by atoms with Crippen molar-refractivity contribution in [1.29, 1.82) is 0 Å². The van der Waals surface area contributed by atoms with Crippen LogP contribution in [0.25, 0.3) is 0 Å². The Labute approximate surface area is 91.2 Å². The summed E-state index contributed by atoms with van der Waals surface area (Å²) in [6.07, 6.45) is 7.27. The third kappa shape index (κ3) is 3.44. The van der Waals surface area contributed by atoms with Crippen LogP contribution in [0.4, 0.5) is 0 Å². The summed E-state index contributed by atoms with van der Waals surface area (Å²) in [5, 5.41) is 4.42. The van der Waals surface area contributed by atoms with Crippen molar-refractivity contribution in [2.24, 2.45) is 0 Å². The topological polar surface area (TPSA) is 21.3 Å². The summed E-state index contributed by atoms with van der Waals surface area (Å²) in [5.74, 6) is 1.37. The maximum Gasteiger partial charge on any atom is 0.0700 e. The molecule has 2 nitrogen and oxygen atoms in total. The van der Waals surface area contributed by atoms with Crippen molar-refractivity contribution in [3.05, 3.63) is 0 Å². The molecule has 0 aliphatic carbocycles. The van der Waals surface area contributed by atoms with Crippen molar-refractivity contribution >= 4 is 11.8 Å². The van der Waals surface area contributed by atoms with Gasteiger partial charge in [-0.05, 0) is 31.4 Å². The highest BCUT2D eigenvalue weighted by Crippen LogP contribution is 2.24. The van der Waals surface area contributed by atoms with E-state index in [0.29, 0.717) is 6.10 Å². The monoisotopic (exact) mass is 215 g/mol. The Morgan fingerprint density at radius 3 is 2.86 bits per heavy atom. The van der Waals surface area contributed by atoms with Crippen LogP contribution in [0.1, 0.15) is 32.1 Å². The van der Waals surface area contributed by atoms with Gasteiger partial charge in [0.15, 0.2) is 0 Å². The van der Waals surface area contributed by atoms with E-state index in [4.69, 9.17) is 4.74 Å². The van der Waals surface area contributed by atoms with Gasteiger partial charge in [0, 0.05) is 24.9 Å². The second-order valence-electron chi connectivity index (χ2n) is 4.28. The maximum atomic E-state index is 5.57. The summed E-state index contributed by atoms with van der Waals surface area (Å²) >= 11 is 2.14. The van der Waals surface area contributed by atoms with Gasteiger partial charge in [-0.3, -0.25) is 0 Å². The van der Waals surface area contributed by atoms with Gasteiger partial charge in [0.05, 0.1) is 6.10 Å². The molecular formula is C11H21NOS. The molecule has 2 fully saturated rings. The molecule has 0 bridgehead atoms. The van der Waals surface area contributed by atoms with E-state index in [1.807, 2.05) is 0 Å². The van der Waals surface area contributed by atoms with Crippen LogP contribution in [0.15, 0.2) is 0 Å². The van der Waals surface area contributed by atoms with E-state index in [9.17, 15) is 0 Å². The van der Waals surface area contributed by atoms with Crippen molar-refractivity contribution in [2.75, 3.05) is 25.4 Å². The Morgan fingerprint density at radius 1 is 1.14 bits per heavy atom. The summed E-state index contributed by atoms with van der Waals surface area (Å²) in [5.41, 5.74) is 0. The van der Waals surface area contributed by atoms with Crippen molar-refractivity contribution in [3.8, 4) is 0 Å². The molecular weight excluding hydrogens is 194 g/mol. The third-order valence-corrected chi connectivity index (χ3v) is 4.44. The zero-order valence-electron chi connectivity index (χ0n) is 8.84. The van der Waals surface area contributed by atoms with E-state index in [0.717, 1.165) is 18.4 Å². The van der Waals surface area contributed by atoms with Crippen molar-refractivity contribution in [2.45, 2.75) is 43.5 Å². The van der Waals surface area contributed by atoms with E-state index >= 15 is 0 Å². The summed E-state index contributed by atoms with van der Waals surface area (Å²) in [6.45, 7) is 3.23. The molecule has 0 radical (unpaired) electrons. The molecule has 2 heterocycles. The Balaban J connectivity index is 1.52. The quantitative estimate of drug-likeness (QED) is 0.775. The first-order valence-corrected chi connectivity index (χ1v) is 6.94. The minimum Gasteiger partial charge on any atom is -0.377 e. The lowest BCUT2D eigenvalue weighted by Gasteiger charge is -2.22. The first-order valence-electron chi connectivity index (χ1n) is 5.89. The fraction of sp³-hybridized carbons (Fsp3) is 1.00. The Bertz CT molecular complexity index is 153. The molecule has 2 atom stereocenters. The van der Waals surface area contributed by atoms with Crippen LogP contribution in [0.2, 0.25) is 0 Å². The minimum atomic E-state index is 0.503. The highest BCUT2D eigenvalue weighted by molar-refractivity contribution is 7.99. The normalized spacial score (nSPS) is 33.4. The average molecular weight is 215 g/mol. The Hall–Kier alpha value is 0.270. The van der Waals surface area contributed by atoms with E-state index in [-0.39, 0.29) is 0 Å². The first kappa shape index (κ1) is 10.8. The standard InChI is InChI=1S/C11H21NOS/c1-2-7-14-11(5-1)9-12-8-10-4-3-6-13-10/h10-12H,1-9H2. The highest BCUT2D eigenvalue weighted by Gasteiger charge is 2.17. The molecule has 0 saturated carbocycles. The first-order chi connectivity index (χ1) is 6.95. The Morgan fingerprint density at radius 2 is 2.14 bits per heavy atom. The molecule has 0 aromatic heterocycles. The molecule has 2 unspecified atom stereocenters. The predicted molar refractivity (Wildman–Crippen MR) is 61.9 cm³/mol. The minimum absolute atomic E-state index is 0.503. The van der Waals surface area contributed by atoms with E-state index in [1.165, 1.54) is 44.4 Å². The highest BCUT2D eigenvalue weighted by atomic mass is 32.2. The van der Waals surface area contributed by atoms with Gasteiger partial charge in [-0.25, -0.2) is 0 Å². The molecule has 82 valence electrons. The zero-order valence-corrected chi connectivity index (χ0v) is 9.65. The average Bonchev–Trinajstić information content (AvgIpc) is 2.72. The lowest BCUT2D eigenvalue weighted by atomic mass is 10.2. The molecule has 2 saturated heterocycles. The molecule has 2 aliphatic rings. The Kier molecular flexibility index (Phi) is 4.61. The number of hydrogen-bond acceptors (Lipinski definition) is 3. The van der Waals surface area contributed by atoms with Crippen LogP contribution >= 0.6 is 11.8 Å². The van der Waals surface area contributed by atoms with E-state index < -0.39 is 0 Å². The largest absolute Gasteiger partial charge is 0.377 e. The maximum absolute atomic E-state index is 5.57. The van der Waals surface area contributed by atoms with E-state index in [1.54, 1.807) is 0 Å². The number of thioether (sulfide) groups is 1. The summed E-state index contributed by atoms with van der Waals surface area (Å²) in [6, 6.07) is 0. The smallest absolute Gasteiger partial charge is 0.0700 e. The van der Waals surface area contributed by atoms with Crippen LogP contribution in [-0.4, -0.2) is 36.8 Å². The molecule has 2 rings (SSSR count). The number of hydrogen-bond donors (Lipinski definition) is 1. The second-order valence-corrected chi connectivity index (χ2v) is 5.69. The van der Waals surface area contributed by atoms with Gasteiger partial charge in [-0.15, -0.1) is 0 Å². The van der Waals surface area contributed by atoms with Crippen molar-refractivity contribution < 1.29 is 4.74 Å². The lowest BCUT2D eigenvalue weighted by molar-refractivity contribution is 0.110. The summed E-state index contributed by atoms with van der Waals surface area (Å²) in [4.78, 5) is 0. The lowest BCUT2D eigenvalue weighted by Crippen LogP contribution is -2.32. The van der Waals surface area contributed by atoms with Gasteiger partial charge >= 0.3 is 0 Å². The molecule has 0 aromatic carbocycles. The van der Waals surface area contributed by atoms with Gasteiger partial charge < -0.3 is 10.1 Å². The molecule has 0 aromatic rings. The molecule has 0 amide bonds. The van der Waals surface area contributed by atoms with Crippen LogP contribution in [-0.2, 0) is 4.74 Å². The van der Waals surface area contributed by atoms with Gasteiger partial charge in [-0.1, -0.05) is 6.42 Å². The van der Waals surface area contributed by atoms with E-state index in [2.05, 4.69) is 17.1 Å². The SMILES string of the molecule is C1CCC(CNCC2CCCO2)SC1. The number of ether oxygens (including phenoxy) is 1.